The number of rotatable bonds is 1. The Morgan fingerprint density at radius 1 is 1.23 bits per heavy atom. The van der Waals surface area contributed by atoms with E-state index in [0.29, 0.717) is 11.5 Å². The van der Waals surface area contributed by atoms with Crippen LogP contribution in [0.1, 0.15) is 11.7 Å². The van der Waals surface area contributed by atoms with Gasteiger partial charge < -0.3 is 5.73 Å². The van der Waals surface area contributed by atoms with E-state index < -0.39 is 6.17 Å². The quantitative estimate of drug-likeness (QED) is 0.700. The third-order valence-corrected chi connectivity index (χ3v) is 4.07. The Balaban J connectivity index is 2.00. The molecule has 3 N–H and O–H groups in total. The van der Waals surface area contributed by atoms with Crippen LogP contribution >= 0.6 is 15.9 Å². The van der Waals surface area contributed by atoms with Crippen molar-refractivity contribution in [3.8, 4) is 0 Å². The minimum Gasteiger partial charge on any atom is -0.370 e. The van der Waals surface area contributed by atoms with Crippen molar-refractivity contribution in [2.24, 2.45) is 10.7 Å². The van der Waals surface area contributed by atoms with Gasteiger partial charge in [0.25, 0.3) is 0 Å². The predicted molar refractivity (Wildman–Crippen MR) is 87.2 cm³/mol. The van der Waals surface area contributed by atoms with Gasteiger partial charge in [-0.3, -0.25) is 9.88 Å². The molecule has 7 heteroatoms. The van der Waals surface area contributed by atoms with E-state index in [1.807, 2.05) is 28.8 Å². The lowest BCUT2D eigenvalue weighted by Crippen LogP contribution is -2.31. The Morgan fingerprint density at radius 2 is 2.05 bits per heavy atom. The summed E-state index contributed by atoms with van der Waals surface area (Å²) < 4.78 is 16.9. The summed E-state index contributed by atoms with van der Waals surface area (Å²) in [6.45, 7) is 0. The number of aromatic nitrogens is 2. The summed E-state index contributed by atoms with van der Waals surface area (Å²) in [7, 11) is 0. The van der Waals surface area contributed by atoms with E-state index in [1.165, 1.54) is 6.07 Å². The molecule has 0 fully saturated rings. The van der Waals surface area contributed by atoms with Crippen LogP contribution in [0.25, 0.3) is 11.0 Å². The van der Waals surface area contributed by atoms with Gasteiger partial charge in [0.15, 0.2) is 12.1 Å². The fraction of sp³-hybridized carbons (Fsp3) is 0.0667. The Labute approximate surface area is 133 Å². The van der Waals surface area contributed by atoms with Crippen molar-refractivity contribution in [2.75, 3.05) is 5.32 Å². The second-order valence-corrected chi connectivity index (χ2v) is 5.89. The summed E-state index contributed by atoms with van der Waals surface area (Å²) in [4.78, 5) is 8.85. The molecule has 4 rings (SSSR count). The summed E-state index contributed by atoms with van der Waals surface area (Å²) in [5, 5.41) is 2.93. The minimum absolute atomic E-state index is 0.215. The number of imidazole rings is 1. The first-order valence-electron chi connectivity index (χ1n) is 6.66. The molecule has 1 aliphatic heterocycles. The molecule has 0 saturated heterocycles. The molecule has 2 heterocycles. The predicted octanol–water partition coefficient (Wildman–Crippen LogP) is 3.23. The van der Waals surface area contributed by atoms with Gasteiger partial charge in [-0.15, -0.1) is 0 Å². The number of nitrogens with zero attached hydrogens (tertiary/aromatic N) is 3. The zero-order valence-corrected chi connectivity index (χ0v) is 12.9. The molecule has 110 valence electrons. The van der Waals surface area contributed by atoms with Gasteiger partial charge in [0.05, 0.1) is 11.0 Å². The average molecular weight is 360 g/mol. The van der Waals surface area contributed by atoms with Crippen molar-refractivity contribution in [3.63, 3.8) is 0 Å². The van der Waals surface area contributed by atoms with Gasteiger partial charge >= 0.3 is 0 Å². The topological polar surface area (TPSA) is 68.2 Å². The number of para-hydroxylation sites is 2. The van der Waals surface area contributed by atoms with Crippen molar-refractivity contribution in [3.05, 3.63) is 58.3 Å². The first-order chi connectivity index (χ1) is 10.6. The number of fused-ring (bicyclic) bond motifs is 3. The lowest BCUT2D eigenvalue weighted by molar-refractivity contribution is 0.551. The van der Waals surface area contributed by atoms with E-state index in [0.717, 1.165) is 15.5 Å². The summed E-state index contributed by atoms with van der Waals surface area (Å²) in [5.41, 5.74) is 7.94. The van der Waals surface area contributed by atoms with E-state index in [9.17, 15) is 4.39 Å². The third kappa shape index (κ3) is 1.97. The van der Waals surface area contributed by atoms with Crippen LogP contribution in [0, 0.1) is 5.82 Å². The van der Waals surface area contributed by atoms with Crippen LogP contribution in [-0.4, -0.2) is 15.5 Å². The summed E-state index contributed by atoms with van der Waals surface area (Å²) in [6, 6.07) is 12.4. The summed E-state index contributed by atoms with van der Waals surface area (Å²) in [5.74, 6) is 0.431. The van der Waals surface area contributed by atoms with Crippen LogP contribution in [0.15, 0.2) is 51.9 Å². The standard InChI is InChI=1S/C15H11BrFN5/c16-8-5-6-10(17)9(7-8)13-20-14(18)21-15-19-11-3-1-2-4-12(11)22(13)15/h1-7,13H,(H3,18,19,20,21). The van der Waals surface area contributed by atoms with E-state index in [-0.39, 0.29) is 11.8 Å². The normalized spacial score (nSPS) is 17.0. The Kier molecular flexibility index (Phi) is 2.90. The van der Waals surface area contributed by atoms with E-state index in [4.69, 9.17) is 5.73 Å². The number of hydrogen-bond donors (Lipinski definition) is 2. The largest absolute Gasteiger partial charge is 0.370 e. The van der Waals surface area contributed by atoms with Crippen LogP contribution in [-0.2, 0) is 0 Å². The number of halogens is 2. The maximum Gasteiger partial charge on any atom is 0.212 e. The van der Waals surface area contributed by atoms with Gasteiger partial charge in [-0.05, 0) is 30.3 Å². The number of anilines is 1. The maximum atomic E-state index is 14.3. The molecule has 5 nitrogen and oxygen atoms in total. The van der Waals surface area contributed by atoms with Gasteiger partial charge in [-0.2, -0.15) is 0 Å². The Hall–Kier alpha value is -2.41. The molecule has 0 spiro atoms. The molecule has 0 saturated carbocycles. The fourth-order valence-electron chi connectivity index (χ4n) is 2.64. The van der Waals surface area contributed by atoms with E-state index >= 15 is 0 Å². The van der Waals surface area contributed by atoms with Gasteiger partial charge in [-0.25, -0.2) is 14.4 Å². The van der Waals surface area contributed by atoms with Gasteiger partial charge in [0.1, 0.15) is 5.82 Å². The van der Waals surface area contributed by atoms with Gasteiger partial charge in [0.2, 0.25) is 5.95 Å². The molecule has 1 atom stereocenters. The van der Waals surface area contributed by atoms with Crippen LogP contribution < -0.4 is 11.1 Å². The number of guanidine groups is 1. The molecule has 0 radical (unpaired) electrons. The lowest BCUT2D eigenvalue weighted by Gasteiger charge is -2.24. The maximum absolute atomic E-state index is 14.3. The van der Waals surface area contributed by atoms with Crippen molar-refractivity contribution in [2.45, 2.75) is 6.17 Å². The number of benzene rings is 2. The molecule has 0 amide bonds. The molecule has 1 unspecified atom stereocenters. The Bertz CT molecular complexity index is 917. The molecule has 1 aliphatic rings. The number of hydrogen-bond acceptors (Lipinski definition) is 4. The minimum atomic E-state index is -0.596. The molecular formula is C15H11BrFN5. The second-order valence-electron chi connectivity index (χ2n) is 4.97. The highest BCUT2D eigenvalue weighted by atomic mass is 79.9. The zero-order valence-electron chi connectivity index (χ0n) is 11.3. The first kappa shape index (κ1) is 13.3. The van der Waals surface area contributed by atoms with Crippen molar-refractivity contribution < 1.29 is 4.39 Å². The molecule has 0 bridgehead atoms. The smallest absolute Gasteiger partial charge is 0.212 e. The van der Waals surface area contributed by atoms with Crippen molar-refractivity contribution >= 4 is 38.9 Å². The van der Waals surface area contributed by atoms with E-state index in [2.05, 4.69) is 31.2 Å². The third-order valence-electron chi connectivity index (χ3n) is 3.58. The highest BCUT2D eigenvalue weighted by Gasteiger charge is 2.27. The van der Waals surface area contributed by atoms with Crippen LogP contribution in [0.2, 0.25) is 0 Å². The number of nitrogens with two attached hydrogens (primary N) is 1. The Morgan fingerprint density at radius 3 is 2.91 bits per heavy atom. The molecular weight excluding hydrogens is 349 g/mol. The SMILES string of the molecule is NC1=NC(c2cc(Br)ccc2F)n2c(nc3ccccc32)N1. The number of aliphatic imine (C=N–C) groups is 1. The van der Waals surface area contributed by atoms with Crippen molar-refractivity contribution in [1.29, 1.82) is 0 Å². The van der Waals surface area contributed by atoms with Gasteiger partial charge in [0, 0.05) is 10.0 Å². The monoisotopic (exact) mass is 359 g/mol. The van der Waals surface area contributed by atoms with E-state index in [1.54, 1.807) is 12.1 Å². The first-order valence-corrected chi connectivity index (χ1v) is 7.45. The fourth-order valence-corrected chi connectivity index (χ4v) is 3.02. The van der Waals surface area contributed by atoms with Crippen LogP contribution in [0.3, 0.4) is 0 Å². The summed E-state index contributed by atoms with van der Waals surface area (Å²) >= 11 is 3.37. The molecule has 0 aliphatic carbocycles. The second kappa shape index (κ2) is 4.81. The van der Waals surface area contributed by atoms with Crippen molar-refractivity contribution in [1.82, 2.24) is 9.55 Å². The number of nitrogens with one attached hydrogen (secondary N) is 1. The average Bonchev–Trinajstić information content (AvgIpc) is 2.87. The van der Waals surface area contributed by atoms with Crippen LogP contribution in [0.4, 0.5) is 10.3 Å². The molecule has 1 aromatic heterocycles. The molecule has 2 aromatic carbocycles. The highest BCUT2D eigenvalue weighted by molar-refractivity contribution is 9.10. The molecule has 3 aromatic rings. The van der Waals surface area contributed by atoms with Crippen LogP contribution in [0.5, 0.6) is 0 Å². The lowest BCUT2D eigenvalue weighted by atomic mass is 10.1. The zero-order chi connectivity index (χ0) is 15.3. The highest BCUT2D eigenvalue weighted by Crippen LogP contribution is 2.34. The summed E-state index contributed by atoms with van der Waals surface area (Å²) in [6.07, 6.45) is -0.596. The van der Waals surface area contributed by atoms with Gasteiger partial charge in [-0.1, -0.05) is 28.1 Å². The molecule has 22 heavy (non-hydrogen) atoms.